The number of likely N-dealkylation sites (N-methyl/N-ethyl adjacent to an activating group) is 1. The van der Waals surface area contributed by atoms with Crippen molar-refractivity contribution in [3.05, 3.63) is 23.9 Å². The van der Waals surface area contributed by atoms with Crippen LogP contribution in [-0.2, 0) is 4.79 Å². The molecule has 0 saturated carbocycles. The Morgan fingerprint density at radius 2 is 2.11 bits per heavy atom. The number of carbonyl (C=O) groups excluding carboxylic acids is 1. The molecule has 4 aliphatic rings. The fraction of sp³-hybridized carbons (Fsp3) is 0.583. The van der Waals surface area contributed by atoms with Gasteiger partial charge in [0.05, 0.1) is 12.2 Å². The summed E-state index contributed by atoms with van der Waals surface area (Å²) in [6.07, 6.45) is 6.48. The van der Waals surface area contributed by atoms with Crippen LogP contribution in [0.2, 0.25) is 0 Å². The molecule has 96 valence electrons. The number of hydrogen-bond acceptors (Lipinski definition) is 5. The van der Waals surface area contributed by atoms with Gasteiger partial charge in [0.1, 0.15) is 12.2 Å². The molecule has 0 radical (unpaired) electrons. The van der Waals surface area contributed by atoms with Crippen molar-refractivity contribution in [3.63, 3.8) is 0 Å². The molecule has 1 aliphatic carbocycles. The molecule has 0 aromatic rings. The number of rotatable bonds is 0. The number of carbonyl (C=O) groups is 1. The summed E-state index contributed by atoms with van der Waals surface area (Å²) in [6, 6.07) is 0.0741. The second-order valence-corrected chi connectivity index (χ2v) is 5.33. The van der Waals surface area contributed by atoms with Gasteiger partial charge in [0, 0.05) is 12.7 Å². The maximum absolute atomic E-state index is 12.3. The summed E-state index contributed by atoms with van der Waals surface area (Å²) >= 11 is 0. The van der Waals surface area contributed by atoms with Crippen LogP contribution >= 0.6 is 0 Å². The van der Waals surface area contributed by atoms with E-state index in [2.05, 4.69) is 39.1 Å². The van der Waals surface area contributed by atoms with Gasteiger partial charge in [-0.2, -0.15) is 0 Å². The maximum atomic E-state index is 12.3. The Morgan fingerprint density at radius 1 is 1.28 bits per heavy atom. The van der Waals surface area contributed by atoms with Crippen LogP contribution in [0.1, 0.15) is 6.92 Å². The van der Waals surface area contributed by atoms with Crippen LogP contribution in [0.3, 0.4) is 0 Å². The largest absolute Gasteiger partial charge is 0.323 e. The van der Waals surface area contributed by atoms with Gasteiger partial charge >= 0.3 is 0 Å². The van der Waals surface area contributed by atoms with E-state index in [9.17, 15) is 4.79 Å². The van der Waals surface area contributed by atoms with Gasteiger partial charge in [-0.05, 0) is 13.0 Å². The Balaban J connectivity index is 1.75. The SMILES string of the molecule is C[C@H]1NC2C(=O)N(C)C3NC4C=CC=C4N3C2N1. The minimum Gasteiger partial charge on any atom is -0.323 e. The fourth-order valence-corrected chi connectivity index (χ4v) is 3.40. The van der Waals surface area contributed by atoms with Gasteiger partial charge in [-0.25, -0.2) is 0 Å². The Bertz CT molecular complexity index is 473. The molecule has 3 fully saturated rings. The molecule has 3 saturated heterocycles. The van der Waals surface area contributed by atoms with Crippen LogP contribution in [0.15, 0.2) is 23.9 Å². The first-order chi connectivity index (χ1) is 8.66. The van der Waals surface area contributed by atoms with E-state index in [0.29, 0.717) is 0 Å². The monoisotopic (exact) mass is 247 g/mol. The Morgan fingerprint density at radius 3 is 2.94 bits per heavy atom. The number of amides is 1. The first kappa shape index (κ1) is 10.5. The van der Waals surface area contributed by atoms with Crippen LogP contribution in [0.4, 0.5) is 0 Å². The van der Waals surface area contributed by atoms with Gasteiger partial charge in [0.25, 0.3) is 0 Å². The van der Waals surface area contributed by atoms with Crippen LogP contribution in [-0.4, -0.2) is 53.5 Å². The van der Waals surface area contributed by atoms with Crippen molar-refractivity contribution in [2.45, 2.75) is 37.6 Å². The highest BCUT2D eigenvalue weighted by atomic mass is 16.2. The summed E-state index contributed by atoms with van der Waals surface area (Å²) in [5.41, 5.74) is 1.25. The molecule has 3 N–H and O–H groups in total. The normalized spacial score (nSPS) is 45.1. The Hall–Kier alpha value is -1.37. The first-order valence-corrected chi connectivity index (χ1v) is 6.38. The standard InChI is InChI=1S/C12H17N5O/c1-6-13-9-10(14-6)17-8-5-3-4-7(8)15-12(17)16(2)11(9)18/h3-7,9-10,12-15H,1-2H3/t6-,7?,9?,10?,12?/m0/s1. The summed E-state index contributed by atoms with van der Waals surface area (Å²) in [5.74, 6) is 0.148. The van der Waals surface area contributed by atoms with E-state index in [-0.39, 0.29) is 36.6 Å². The number of nitrogens with one attached hydrogen (secondary N) is 3. The van der Waals surface area contributed by atoms with Gasteiger partial charge in [-0.15, -0.1) is 0 Å². The lowest BCUT2D eigenvalue weighted by Gasteiger charge is -2.44. The third-order valence-electron chi connectivity index (χ3n) is 4.23. The van der Waals surface area contributed by atoms with Crippen LogP contribution in [0.5, 0.6) is 0 Å². The van der Waals surface area contributed by atoms with E-state index in [4.69, 9.17) is 0 Å². The molecule has 5 atom stereocenters. The third kappa shape index (κ3) is 1.15. The van der Waals surface area contributed by atoms with Crippen molar-refractivity contribution in [2.24, 2.45) is 0 Å². The van der Waals surface area contributed by atoms with Gasteiger partial charge in [0.2, 0.25) is 5.91 Å². The number of allylic oxidation sites excluding steroid dienone is 2. The third-order valence-corrected chi connectivity index (χ3v) is 4.23. The zero-order chi connectivity index (χ0) is 12.4. The second-order valence-electron chi connectivity index (χ2n) is 5.33. The highest BCUT2D eigenvalue weighted by Crippen LogP contribution is 2.34. The molecule has 6 nitrogen and oxygen atoms in total. The van der Waals surface area contributed by atoms with E-state index in [1.54, 1.807) is 4.90 Å². The fourth-order valence-electron chi connectivity index (χ4n) is 3.40. The molecular weight excluding hydrogens is 230 g/mol. The predicted molar refractivity (Wildman–Crippen MR) is 65.9 cm³/mol. The number of hydrogen-bond donors (Lipinski definition) is 3. The average Bonchev–Trinajstić information content (AvgIpc) is 2.98. The van der Waals surface area contributed by atoms with Crippen molar-refractivity contribution in [3.8, 4) is 0 Å². The first-order valence-electron chi connectivity index (χ1n) is 6.38. The molecular formula is C12H17N5O. The van der Waals surface area contributed by atoms with E-state index in [1.165, 1.54) is 5.70 Å². The number of nitrogens with zero attached hydrogens (tertiary/aromatic N) is 2. The topological polar surface area (TPSA) is 59.6 Å². The molecule has 0 spiro atoms. The van der Waals surface area contributed by atoms with E-state index in [1.807, 2.05) is 14.0 Å². The zero-order valence-electron chi connectivity index (χ0n) is 10.4. The van der Waals surface area contributed by atoms with E-state index in [0.717, 1.165) is 0 Å². The van der Waals surface area contributed by atoms with Gasteiger partial charge in [-0.1, -0.05) is 12.2 Å². The summed E-state index contributed by atoms with van der Waals surface area (Å²) in [4.78, 5) is 16.4. The summed E-state index contributed by atoms with van der Waals surface area (Å²) in [7, 11) is 1.86. The highest BCUT2D eigenvalue weighted by Gasteiger charge is 2.54. The number of fused-ring (bicyclic) bond motifs is 5. The lowest BCUT2D eigenvalue weighted by Crippen LogP contribution is -2.68. The zero-order valence-corrected chi connectivity index (χ0v) is 10.4. The van der Waals surface area contributed by atoms with Crippen LogP contribution < -0.4 is 16.0 Å². The highest BCUT2D eigenvalue weighted by molar-refractivity contribution is 5.84. The van der Waals surface area contributed by atoms with Crippen LogP contribution in [0.25, 0.3) is 0 Å². The van der Waals surface area contributed by atoms with Crippen molar-refractivity contribution in [1.82, 2.24) is 25.8 Å². The molecule has 0 aromatic heterocycles. The van der Waals surface area contributed by atoms with E-state index < -0.39 is 0 Å². The molecule has 18 heavy (non-hydrogen) atoms. The van der Waals surface area contributed by atoms with Crippen molar-refractivity contribution in [2.75, 3.05) is 7.05 Å². The molecule has 3 heterocycles. The van der Waals surface area contributed by atoms with E-state index >= 15 is 0 Å². The lowest BCUT2D eigenvalue weighted by atomic mass is 10.1. The average molecular weight is 247 g/mol. The molecule has 0 bridgehead atoms. The second kappa shape index (κ2) is 3.34. The van der Waals surface area contributed by atoms with Crippen molar-refractivity contribution >= 4 is 5.91 Å². The van der Waals surface area contributed by atoms with Crippen molar-refractivity contribution < 1.29 is 4.79 Å². The molecule has 0 aromatic carbocycles. The summed E-state index contributed by atoms with van der Waals surface area (Å²) < 4.78 is 0. The van der Waals surface area contributed by atoms with Crippen LogP contribution in [0, 0.1) is 0 Å². The van der Waals surface area contributed by atoms with Crippen molar-refractivity contribution in [1.29, 1.82) is 0 Å². The molecule has 4 unspecified atom stereocenters. The molecule has 4 rings (SSSR count). The maximum Gasteiger partial charge on any atom is 0.245 e. The molecule has 1 amide bonds. The molecule has 3 aliphatic heterocycles. The lowest BCUT2D eigenvalue weighted by molar-refractivity contribution is -0.146. The quantitative estimate of drug-likeness (QED) is 0.497. The smallest absolute Gasteiger partial charge is 0.245 e. The Kier molecular flexibility index (Phi) is 1.96. The Labute approximate surface area is 106 Å². The summed E-state index contributed by atoms with van der Waals surface area (Å²) in [6.45, 7) is 2.04. The van der Waals surface area contributed by atoms with Gasteiger partial charge in [0.15, 0.2) is 6.29 Å². The summed E-state index contributed by atoms with van der Waals surface area (Å²) in [5, 5.41) is 10.2. The predicted octanol–water partition coefficient (Wildman–Crippen LogP) is -1.30. The van der Waals surface area contributed by atoms with Gasteiger partial charge < -0.3 is 9.80 Å². The minimum atomic E-state index is -0.164. The van der Waals surface area contributed by atoms with Gasteiger partial charge in [-0.3, -0.25) is 20.7 Å². The minimum absolute atomic E-state index is 0.0392. The molecule has 6 heteroatoms.